The molecule has 0 aliphatic heterocycles. The molecule has 0 heterocycles. The normalized spacial score (nSPS) is 3.20. The zero-order valence-corrected chi connectivity index (χ0v) is 3.61. The number of carboxylic acid groups (broad SMARTS) is 4. The van der Waals surface area contributed by atoms with Crippen LogP contribution < -0.4 is 0 Å². The summed E-state index contributed by atoms with van der Waals surface area (Å²) in [6, 6.07) is 0. The second-order valence-corrected chi connectivity index (χ2v) is 0.565. The molecule has 0 aliphatic carbocycles. The molecule has 0 fully saturated rings. The fraction of sp³-hybridized carbons (Fsp3) is 0. The average Bonchev–Trinajstić information content (AvgIpc) is 1.25. The minimum absolute atomic E-state index is 0. The van der Waals surface area contributed by atoms with Gasteiger partial charge in [-0.15, -0.1) is 0 Å². The first-order chi connectivity index (χ1) is 3.46. The Morgan fingerprint density at radius 1 is 0.467 bits per heavy atom. The summed E-state index contributed by atoms with van der Waals surface area (Å²) in [6.07, 6.45) is -3.67. The van der Waals surface area contributed by atoms with E-state index in [1.54, 1.807) is 0 Å². The van der Waals surface area contributed by atoms with Crippen LogP contribution in [0.15, 0.2) is 0 Å². The molecule has 0 aliphatic rings. The molecule has 0 radical (unpaired) electrons. The Morgan fingerprint density at radius 2 is 0.467 bits per heavy atom. The van der Waals surface area contributed by atoms with E-state index in [9.17, 15) is 0 Å². The summed E-state index contributed by atoms with van der Waals surface area (Å²) in [7, 11) is 0. The van der Waals surface area contributed by atoms with Crippen LogP contribution in [0.2, 0.25) is 0 Å². The number of hydrogen-bond acceptors (Lipinski definition) is 2. The first-order valence-electron chi connectivity index (χ1n) is 1.30. The Balaban J connectivity index is -0.00000000468. The van der Waals surface area contributed by atoms with Gasteiger partial charge in [-0.2, -0.15) is 0 Å². The summed E-state index contributed by atoms with van der Waals surface area (Å²) < 4.78 is 0. The molecule has 62 valence electrons. The summed E-state index contributed by atoms with van der Waals surface area (Å²) in [5, 5.41) is 27.9. The molecule has 0 saturated heterocycles. The number of rotatable bonds is 0. The van der Waals surface area contributed by atoms with Crippen LogP contribution in [0, 0.1) is 0 Å². The Labute approximate surface area is 172 Å². The first kappa shape index (κ1) is 65.1. The van der Waals surface area contributed by atoms with Gasteiger partial charge in [-0.25, -0.2) is 9.59 Å². The van der Waals surface area contributed by atoms with Crippen molar-refractivity contribution in [3.63, 3.8) is 0 Å². The van der Waals surface area contributed by atoms with Crippen molar-refractivity contribution in [2.24, 2.45) is 0 Å². The van der Waals surface area contributed by atoms with Crippen molar-refractivity contribution in [3.8, 4) is 0 Å². The summed E-state index contributed by atoms with van der Waals surface area (Å²) in [5.41, 5.74) is 0. The van der Waals surface area contributed by atoms with E-state index < -0.39 is 12.3 Å². The van der Waals surface area contributed by atoms with E-state index in [-0.39, 0.29) is 132 Å². The van der Waals surface area contributed by atoms with Crippen LogP contribution in [0.3, 0.4) is 0 Å². The maximum absolute atomic E-state index is 8.56. The third-order valence-electron chi connectivity index (χ3n) is 0. The van der Waals surface area contributed by atoms with Crippen LogP contribution >= 0.6 is 0 Å². The van der Waals surface area contributed by atoms with Gasteiger partial charge in [0.15, 0.2) is 0 Å². The van der Waals surface area contributed by atoms with Crippen LogP contribution in [-0.2, 0) is 0 Å². The molecule has 0 aromatic carbocycles. The molecule has 15 heavy (non-hydrogen) atoms. The summed E-state index contributed by atoms with van der Waals surface area (Å²) >= 11 is 0. The van der Waals surface area contributed by atoms with Crippen molar-refractivity contribution in [3.05, 3.63) is 0 Å². The van der Waals surface area contributed by atoms with Gasteiger partial charge in [0, 0.05) is 0 Å². The molecule has 0 aromatic heterocycles. The van der Waals surface area contributed by atoms with Crippen LogP contribution in [0.1, 0.15) is 0 Å². The van der Waals surface area contributed by atoms with Crippen molar-refractivity contribution in [1.29, 1.82) is 0 Å². The van der Waals surface area contributed by atoms with Crippen molar-refractivity contribution < 1.29 is 30.0 Å². The summed E-state index contributed by atoms with van der Waals surface area (Å²) in [5.74, 6) is 0. The van der Waals surface area contributed by atoms with E-state index in [1.807, 2.05) is 0 Å². The second-order valence-electron chi connectivity index (χ2n) is 0.565. The van der Waals surface area contributed by atoms with Gasteiger partial charge in [0.2, 0.25) is 0 Å². The predicted molar refractivity (Wildman–Crippen MR) is 71.4 cm³/mol. The van der Waals surface area contributed by atoms with Crippen molar-refractivity contribution in [2.75, 3.05) is 0 Å². The third kappa shape index (κ3) is 489. The van der Waals surface area contributed by atoms with Gasteiger partial charge in [0.25, 0.3) is 0 Å². The van der Waals surface area contributed by atoms with E-state index in [2.05, 4.69) is 0 Å². The van der Waals surface area contributed by atoms with Crippen LogP contribution in [-0.4, -0.2) is 165 Å². The van der Waals surface area contributed by atoms with Gasteiger partial charge < -0.3 is 20.4 Å². The fourth-order valence-corrected chi connectivity index (χ4v) is 0. The molecule has 0 saturated carbocycles. The minimum atomic E-state index is -1.83. The Kier molecular flexibility index (Phi) is 236. The van der Waals surface area contributed by atoms with Crippen LogP contribution in [0.4, 0.5) is 9.59 Å². The topological polar surface area (TPSA) is 115 Å². The van der Waals surface area contributed by atoms with Gasteiger partial charge in [0.05, 0.1) is 0 Å². The van der Waals surface area contributed by atoms with E-state index in [0.717, 1.165) is 0 Å². The molecule has 0 aromatic rings. The van der Waals surface area contributed by atoms with Gasteiger partial charge in [0.1, 0.15) is 0 Å². The molecule has 13 heteroatoms. The van der Waals surface area contributed by atoms with Crippen molar-refractivity contribution >= 4 is 144 Å². The van der Waals surface area contributed by atoms with Crippen molar-refractivity contribution in [1.82, 2.24) is 0 Å². The third-order valence-corrected chi connectivity index (χ3v) is 0. The second kappa shape index (κ2) is 54.3. The standard InChI is InChI=1S/2CH2O3.7Li.7H/c2*2-1(3)4;;;;;;;;;;;;;;/h2*(H2,2,3,4);;;;;;;;;;;;;;. The van der Waals surface area contributed by atoms with E-state index >= 15 is 0 Å². The molecule has 0 unspecified atom stereocenters. The summed E-state index contributed by atoms with van der Waals surface area (Å²) in [4.78, 5) is 17.1. The molecular weight excluding hydrogens is 169 g/mol. The van der Waals surface area contributed by atoms with Crippen LogP contribution in [0.5, 0.6) is 0 Å². The van der Waals surface area contributed by atoms with E-state index in [0.29, 0.717) is 0 Å². The zero-order valence-electron chi connectivity index (χ0n) is 3.61. The molecule has 0 rings (SSSR count). The van der Waals surface area contributed by atoms with Gasteiger partial charge in [-0.1, -0.05) is 0 Å². The molecule has 6 nitrogen and oxygen atoms in total. The zero-order chi connectivity index (χ0) is 7.15. The number of carbonyl (C=O) groups is 2. The SMILES string of the molecule is O=C(O)O.O=C(O)O.[LiH].[LiH].[LiH].[LiH].[LiH].[LiH].[LiH]. The monoisotopic (exact) mass is 180 g/mol. The molecule has 0 bridgehead atoms. The van der Waals surface area contributed by atoms with Gasteiger partial charge in [-0.3, -0.25) is 0 Å². The molecule has 0 spiro atoms. The first-order valence-corrected chi connectivity index (χ1v) is 1.30. The van der Waals surface area contributed by atoms with Gasteiger partial charge >= 0.3 is 144 Å². The van der Waals surface area contributed by atoms with Crippen molar-refractivity contribution in [2.45, 2.75) is 0 Å². The predicted octanol–water partition coefficient (Wildman–Crippen LogP) is -4.09. The number of hydrogen-bond donors (Lipinski definition) is 4. The quantitative estimate of drug-likeness (QED) is 0.281. The van der Waals surface area contributed by atoms with Crippen LogP contribution in [0.25, 0.3) is 0 Å². The Morgan fingerprint density at radius 3 is 0.467 bits per heavy atom. The summed E-state index contributed by atoms with van der Waals surface area (Å²) in [6.45, 7) is 0. The van der Waals surface area contributed by atoms with Gasteiger partial charge in [-0.05, 0) is 0 Å². The molecule has 0 amide bonds. The van der Waals surface area contributed by atoms with E-state index in [1.165, 1.54) is 0 Å². The molecule has 4 N–H and O–H groups in total. The molecular formula is C2H11Li7O6. The fourth-order valence-electron chi connectivity index (χ4n) is 0. The van der Waals surface area contributed by atoms with E-state index in [4.69, 9.17) is 30.0 Å². The average molecular weight is 180 g/mol. The Hall–Kier alpha value is 2.72. The maximum atomic E-state index is 8.56. The molecule has 0 atom stereocenters. The Bertz CT molecular complexity index is 79.5.